The number of benzene rings is 1. The minimum atomic E-state index is -3.35. The molecule has 1 aromatic rings. The Hall–Kier alpha value is -0.180. The summed E-state index contributed by atoms with van der Waals surface area (Å²) in [5.41, 5.74) is 1.05. The Morgan fingerprint density at radius 1 is 1.11 bits per heavy atom. The summed E-state index contributed by atoms with van der Waals surface area (Å²) in [5.74, 6) is 0. The van der Waals surface area contributed by atoms with Gasteiger partial charge in [0.2, 0.25) is 10.0 Å². The number of nitrogens with one attached hydrogen (secondary N) is 1. The van der Waals surface area contributed by atoms with Crippen molar-refractivity contribution in [1.29, 1.82) is 0 Å². The lowest BCUT2D eigenvalue weighted by atomic mass is 10.2. The Morgan fingerprint density at radius 2 is 1.63 bits per heavy atom. The van der Waals surface area contributed by atoms with Crippen LogP contribution in [0.3, 0.4) is 0 Å². The standard InChI is InChI=1S/C13H23N2O2S.HI/c1-12-6-8-13(9-7-12)18(16,17)14-10-5-11-15(2,3)4;/h6-9,14H,5,10-11H2,1-4H3;1H/q+1;/p-1. The fraction of sp³-hybridized carbons (Fsp3) is 0.538. The normalized spacial score (nSPS) is 12.0. The van der Waals surface area contributed by atoms with Crippen molar-refractivity contribution >= 4 is 10.0 Å². The molecule has 6 heteroatoms. The largest absolute Gasteiger partial charge is 1.00 e. The van der Waals surface area contributed by atoms with Gasteiger partial charge in [-0.1, -0.05) is 17.7 Å². The van der Waals surface area contributed by atoms with Crippen LogP contribution in [0.5, 0.6) is 0 Å². The van der Waals surface area contributed by atoms with E-state index < -0.39 is 10.0 Å². The van der Waals surface area contributed by atoms with Gasteiger partial charge in [-0.05, 0) is 19.1 Å². The van der Waals surface area contributed by atoms with Crippen LogP contribution in [0, 0.1) is 6.92 Å². The molecule has 0 radical (unpaired) electrons. The van der Waals surface area contributed by atoms with Crippen LogP contribution < -0.4 is 28.7 Å². The topological polar surface area (TPSA) is 46.2 Å². The molecule has 0 unspecified atom stereocenters. The number of rotatable bonds is 6. The first-order chi connectivity index (χ1) is 8.21. The molecule has 0 amide bonds. The van der Waals surface area contributed by atoms with Gasteiger partial charge in [0.15, 0.2) is 0 Å². The lowest BCUT2D eigenvalue weighted by Crippen LogP contribution is -3.00. The van der Waals surface area contributed by atoms with Gasteiger partial charge in [-0.3, -0.25) is 0 Å². The molecule has 1 aromatic carbocycles. The predicted octanol–water partition coefficient (Wildman–Crippen LogP) is -1.63. The number of nitrogens with zero attached hydrogens (tertiary/aromatic N) is 1. The smallest absolute Gasteiger partial charge is 0.240 e. The molecule has 0 aliphatic heterocycles. The fourth-order valence-electron chi connectivity index (χ4n) is 1.56. The molecule has 0 fully saturated rings. The van der Waals surface area contributed by atoms with E-state index in [2.05, 4.69) is 25.9 Å². The molecule has 0 saturated carbocycles. The lowest BCUT2D eigenvalue weighted by Gasteiger charge is -2.23. The first-order valence-corrected chi connectivity index (χ1v) is 7.56. The van der Waals surface area contributed by atoms with Gasteiger partial charge < -0.3 is 28.5 Å². The van der Waals surface area contributed by atoms with E-state index in [-0.39, 0.29) is 24.0 Å². The molecule has 0 heterocycles. The van der Waals surface area contributed by atoms with Gasteiger partial charge in [0.1, 0.15) is 0 Å². The summed E-state index contributed by atoms with van der Waals surface area (Å²) in [4.78, 5) is 0.332. The third-order valence-electron chi connectivity index (χ3n) is 2.63. The Balaban J connectivity index is 0.00000324. The summed E-state index contributed by atoms with van der Waals surface area (Å²) in [5, 5.41) is 0. The summed E-state index contributed by atoms with van der Waals surface area (Å²) >= 11 is 0. The summed E-state index contributed by atoms with van der Waals surface area (Å²) in [6.07, 6.45) is 0.828. The van der Waals surface area contributed by atoms with Gasteiger partial charge in [0.05, 0.1) is 32.6 Å². The van der Waals surface area contributed by atoms with Crippen LogP contribution in [0.4, 0.5) is 0 Å². The third kappa shape index (κ3) is 7.24. The zero-order chi connectivity index (χ0) is 13.8. The number of quaternary nitrogens is 1. The first kappa shape index (κ1) is 18.8. The van der Waals surface area contributed by atoms with Crippen molar-refractivity contribution in [3.8, 4) is 0 Å². The summed E-state index contributed by atoms with van der Waals surface area (Å²) in [6.45, 7) is 3.35. The van der Waals surface area contributed by atoms with Crippen molar-refractivity contribution in [3.63, 3.8) is 0 Å². The SMILES string of the molecule is Cc1ccc(S(=O)(=O)NCCC[N+](C)(C)C)cc1.[I-]. The van der Waals surface area contributed by atoms with E-state index in [0.717, 1.165) is 23.0 Å². The van der Waals surface area contributed by atoms with Gasteiger partial charge in [0, 0.05) is 13.0 Å². The molecule has 1 rings (SSSR count). The van der Waals surface area contributed by atoms with Gasteiger partial charge >= 0.3 is 0 Å². The molecule has 0 atom stereocenters. The molecule has 4 nitrogen and oxygen atoms in total. The van der Waals surface area contributed by atoms with Crippen molar-refractivity contribution in [2.45, 2.75) is 18.2 Å². The van der Waals surface area contributed by atoms with E-state index in [9.17, 15) is 8.42 Å². The zero-order valence-electron chi connectivity index (χ0n) is 12.0. The monoisotopic (exact) mass is 398 g/mol. The maximum Gasteiger partial charge on any atom is 0.240 e. The quantitative estimate of drug-likeness (QED) is 0.356. The average Bonchev–Trinajstić information content (AvgIpc) is 2.24. The number of halogens is 1. The number of hydrogen-bond donors (Lipinski definition) is 1. The Bertz CT molecular complexity index is 478. The van der Waals surface area contributed by atoms with E-state index >= 15 is 0 Å². The first-order valence-electron chi connectivity index (χ1n) is 6.07. The second kappa shape index (κ2) is 7.56. The minimum Gasteiger partial charge on any atom is -1.00 e. The van der Waals surface area contributed by atoms with E-state index in [1.54, 1.807) is 24.3 Å². The van der Waals surface area contributed by atoms with Crippen LogP contribution in [-0.2, 0) is 10.0 Å². The second-order valence-corrected chi connectivity index (χ2v) is 7.35. The van der Waals surface area contributed by atoms with Crippen molar-refractivity contribution in [2.75, 3.05) is 34.2 Å². The molecule has 0 aliphatic rings. The highest BCUT2D eigenvalue weighted by Gasteiger charge is 2.13. The van der Waals surface area contributed by atoms with Crippen molar-refractivity contribution in [2.24, 2.45) is 0 Å². The van der Waals surface area contributed by atoms with E-state index in [0.29, 0.717) is 11.4 Å². The summed E-state index contributed by atoms with van der Waals surface area (Å²) in [7, 11) is 2.92. The summed E-state index contributed by atoms with van der Waals surface area (Å²) in [6, 6.07) is 6.89. The van der Waals surface area contributed by atoms with Crippen LogP contribution >= 0.6 is 0 Å². The molecular weight excluding hydrogens is 375 g/mol. The number of sulfonamides is 1. The number of aryl methyl sites for hydroxylation is 1. The summed E-state index contributed by atoms with van der Waals surface area (Å²) < 4.78 is 27.4. The second-order valence-electron chi connectivity index (χ2n) is 5.58. The predicted molar refractivity (Wildman–Crippen MR) is 73.9 cm³/mol. The van der Waals surface area contributed by atoms with Crippen LogP contribution in [0.25, 0.3) is 0 Å². The lowest BCUT2D eigenvalue weighted by molar-refractivity contribution is -0.870. The molecule has 0 bridgehead atoms. The van der Waals surface area contributed by atoms with E-state index in [1.165, 1.54) is 0 Å². The molecule has 0 aliphatic carbocycles. The fourth-order valence-corrected chi connectivity index (χ4v) is 2.63. The molecule has 1 N–H and O–H groups in total. The highest BCUT2D eigenvalue weighted by Crippen LogP contribution is 2.09. The van der Waals surface area contributed by atoms with E-state index in [4.69, 9.17) is 0 Å². The third-order valence-corrected chi connectivity index (χ3v) is 4.11. The number of hydrogen-bond acceptors (Lipinski definition) is 2. The maximum absolute atomic E-state index is 12.0. The van der Waals surface area contributed by atoms with Gasteiger partial charge in [-0.2, -0.15) is 0 Å². The average molecular weight is 398 g/mol. The molecular formula is C13H23IN2O2S. The van der Waals surface area contributed by atoms with Crippen molar-refractivity contribution in [3.05, 3.63) is 29.8 Å². The van der Waals surface area contributed by atoms with Gasteiger partial charge in [-0.15, -0.1) is 0 Å². The molecule has 0 aromatic heterocycles. The Morgan fingerprint density at radius 3 is 2.11 bits per heavy atom. The highest BCUT2D eigenvalue weighted by atomic mass is 127. The zero-order valence-corrected chi connectivity index (χ0v) is 15.0. The molecule has 19 heavy (non-hydrogen) atoms. The Labute approximate surface area is 133 Å². The molecule has 0 spiro atoms. The van der Waals surface area contributed by atoms with Crippen molar-refractivity contribution in [1.82, 2.24) is 4.72 Å². The Kier molecular flexibility index (Phi) is 7.49. The minimum absolute atomic E-state index is 0. The molecule has 110 valence electrons. The molecule has 0 saturated heterocycles. The van der Waals surface area contributed by atoms with E-state index in [1.807, 2.05) is 6.92 Å². The maximum atomic E-state index is 12.0. The van der Waals surface area contributed by atoms with Gasteiger partial charge in [0.25, 0.3) is 0 Å². The van der Waals surface area contributed by atoms with Crippen LogP contribution in [0.15, 0.2) is 29.2 Å². The van der Waals surface area contributed by atoms with Crippen molar-refractivity contribution < 1.29 is 36.9 Å². The van der Waals surface area contributed by atoms with Crippen LogP contribution in [-0.4, -0.2) is 47.1 Å². The van der Waals surface area contributed by atoms with Gasteiger partial charge in [-0.25, -0.2) is 13.1 Å². The highest BCUT2D eigenvalue weighted by molar-refractivity contribution is 7.89. The van der Waals surface area contributed by atoms with Crippen LogP contribution in [0.2, 0.25) is 0 Å². The van der Waals surface area contributed by atoms with Crippen LogP contribution in [0.1, 0.15) is 12.0 Å².